The van der Waals surface area contributed by atoms with Gasteiger partial charge in [0.25, 0.3) is 0 Å². The van der Waals surface area contributed by atoms with Crippen molar-refractivity contribution in [3.63, 3.8) is 0 Å². The van der Waals surface area contributed by atoms with Crippen LogP contribution in [0, 0.1) is 6.92 Å². The van der Waals surface area contributed by atoms with E-state index >= 15 is 0 Å². The highest BCUT2D eigenvalue weighted by atomic mass is 32.2. The van der Waals surface area contributed by atoms with Gasteiger partial charge in [-0.3, -0.25) is 9.59 Å². The lowest BCUT2D eigenvalue weighted by Gasteiger charge is -2.33. The van der Waals surface area contributed by atoms with E-state index in [0.717, 1.165) is 5.56 Å². The summed E-state index contributed by atoms with van der Waals surface area (Å²) >= 11 is 0. The van der Waals surface area contributed by atoms with E-state index in [1.807, 2.05) is 6.92 Å². The van der Waals surface area contributed by atoms with Crippen LogP contribution >= 0.6 is 0 Å². The highest BCUT2D eigenvalue weighted by Gasteiger charge is 2.32. The number of aliphatic hydroxyl groups is 1. The Balaban J connectivity index is 1.53. The molecule has 1 atom stereocenters. The number of carbonyl (C=O) groups is 2. The first kappa shape index (κ1) is 20.8. The van der Waals surface area contributed by atoms with Gasteiger partial charge in [0, 0.05) is 32.2 Å². The lowest BCUT2D eigenvalue weighted by molar-refractivity contribution is -0.148. The van der Waals surface area contributed by atoms with Gasteiger partial charge < -0.3 is 15.3 Å². The zero-order valence-corrected chi connectivity index (χ0v) is 16.8. The molecular formula is C19H27N3O5S. The molecule has 2 amide bonds. The maximum atomic E-state index is 12.7. The molecule has 0 aromatic heterocycles. The lowest BCUT2D eigenvalue weighted by atomic mass is 10.1. The van der Waals surface area contributed by atoms with Crippen LogP contribution in [-0.2, 0) is 19.6 Å². The predicted octanol–water partition coefficient (Wildman–Crippen LogP) is 0.248. The van der Waals surface area contributed by atoms with Crippen LogP contribution in [0.1, 0.15) is 31.2 Å². The summed E-state index contributed by atoms with van der Waals surface area (Å²) in [6.45, 7) is 3.13. The smallest absolute Gasteiger partial charge is 0.311 e. The van der Waals surface area contributed by atoms with Crippen molar-refractivity contribution in [1.29, 1.82) is 0 Å². The quantitative estimate of drug-likeness (QED) is 0.696. The SMILES string of the molecule is Cc1ccc(S(=O)(=O)N2CCC(NC(=O)C(=O)N3CCC[C@H](O)C3)CC2)cc1. The standard InChI is InChI=1S/C19H27N3O5S/c1-14-4-6-17(7-5-14)28(26,27)22-11-8-15(9-12-22)20-18(24)19(25)21-10-2-3-16(23)13-21/h4-7,15-16,23H,2-3,8-13H2,1H3,(H,20,24)/t16-/m0/s1. The van der Waals surface area contributed by atoms with Crippen LogP contribution in [0.3, 0.4) is 0 Å². The van der Waals surface area contributed by atoms with E-state index in [2.05, 4.69) is 5.32 Å². The topological polar surface area (TPSA) is 107 Å². The molecule has 2 aliphatic heterocycles. The minimum atomic E-state index is -3.55. The largest absolute Gasteiger partial charge is 0.391 e. The average Bonchev–Trinajstić information content (AvgIpc) is 2.68. The monoisotopic (exact) mass is 409 g/mol. The number of amides is 2. The van der Waals surface area contributed by atoms with Crippen LogP contribution in [0.25, 0.3) is 0 Å². The molecule has 28 heavy (non-hydrogen) atoms. The van der Waals surface area contributed by atoms with E-state index in [1.54, 1.807) is 24.3 Å². The van der Waals surface area contributed by atoms with Crippen molar-refractivity contribution in [3.05, 3.63) is 29.8 Å². The number of aliphatic hydroxyl groups excluding tert-OH is 1. The van der Waals surface area contributed by atoms with Crippen molar-refractivity contribution >= 4 is 21.8 Å². The number of likely N-dealkylation sites (tertiary alicyclic amines) is 1. The van der Waals surface area contributed by atoms with Gasteiger partial charge in [-0.05, 0) is 44.7 Å². The fraction of sp³-hybridized carbons (Fsp3) is 0.579. The van der Waals surface area contributed by atoms with E-state index in [0.29, 0.717) is 32.2 Å². The summed E-state index contributed by atoms with van der Waals surface area (Å²) in [5.74, 6) is -1.32. The van der Waals surface area contributed by atoms with Crippen molar-refractivity contribution in [3.8, 4) is 0 Å². The summed E-state index contributed by atoms with van der Waals surface area (Å²) < 4.78 is 26.9. The molecule has 0 aliphatic carbocycles. The molecule has 0 saturated carbocycles. The number of benzene rings is 1. The van der Waals surface area contributed by atoms with Gasteiger partial charge in [-0.15, -0.1) is 0 Å². The molecule has 2 aliphatic rings. The first-order valence-corrected chi connectivity index (χ1v) is 11.1. The number of aryl methyl sites for hydroxylation is 1. The molecule has 0 bridgehead atoms. The molecule has 1 aromatic carbocycles. The molecule has 0 unspecified atom stereocenters. The number of hydrogen-bond donors (Lipinski definition) is 2. The second-order valence-electron chi connectivity index (χ2n) is 7.51. The molecule has 0 spiro atoms. The Bertz CT molecular complexity index is 816. The Hall–Kier alpha value is -1.97. The van der Waals surface area contributed by atoms with Crippen LogP contribution in [0.5, 0.6) is 0 Å². The van der Waals surface area contributed by atoms with Crippen molar-refractivity contribution < 1.29 is 23.1 Å². The van der Waals surface area contributed by atoms with Crippen LogP contribution < -0.4 is 5.32 Å². The number of piperidine rings is 2. The van der Waals surface area contributed by atoms with Crippen LogP contribution in [0.15, 0.2) is 29.2 Å². The third-order valence-electron chi connectivity index (χ3n) is 5.33. The summed E-state index contributed by atoms with van der Waals surface area (Å²) in [6, 6.07) is 6.50. The zero-order chi connectivity index (χ0) is 20.3. The summed E-state index contributed by atoms with van der Waals surface area (Å²) in [5, 5.41) is 12.4. The van der Waals surface area contributed by atoms with Crippen molar-refractivity contribution in [2.24, 2.45) is 0 Å². The Morgan fingerprint density at radius 3 is 2.32 bits per heavy atom. The van der Waals surface area contributed by atoms with Gasteiger partial charge in [0.2, 0.25) is 10.0 Å². The highest BCUT2D eigenvalue weighted by Crippen LogP contribution is 2.21. The van der Waals surface area contributed by atoms with E-state index < -0.39 is 27.9 Å². The second-order valence-corrected chi connectivity index (χ2v) is 9.45. The molecular weight excluding hydrogens is 382 g/mol. The molecule has 2 saturated heterocycles. The highest BCUT2D eigenvalue weighted by molar-refractivity contribution is 7.89. The maximum Gasteiger partial charge on any atom is 0.311 e. The molecule has 0 radical (unpaired) electrons. The summed E-state index contributed by atoms with van der Waals surface area (Å²) in [7, 11) is -3.55. The number of sulfonamides is 1. The van der Waals surface area contributed by atoms with Gasteiger partial charge in [-0.1, -0.05) is 17.7 Å². The summed E-state index contributed by atoms with van der Waals surface area (Å²) in [4.78, 5) is 26.1. The fourth-order valence-electron chi connectivity index (χ4n) is 3.63. The van der Waals surface area contributed by atoms with Gasteiger partial charge >= 0.3 is 11.8 Å². The lowest BCUT2D eigenvalue weighted by Crippen LogP contribution is -2.52. The van der Waals surface area contributed by atoms with Gasteiger partial charge in [0.1, 0.15) is 0 Å². The number of carbonyl (C=O) groups excluding carboxylic acids is 2. The Kier molecular flexibility index (Phi) is 6.36. The van der Waals surface area contributed by atoms with Crippen LogP contribution in [-0.4, -0.2) is 72.9 Å². The normalized spacial score (nSPS) is 22.1. The van der Waals surface area contributed by atoms with Crippen LogP contribution in [0.4, 0.5) is 0 Å². The molecule has 9 heteroatoms. The second kappa shape index (κ2) is 8.59. The first-order valence-electron chi connectivity index (χ1n) is 9.62. The first-order chi connectivity index (χ1) is 13.3. The van der Waals surface area contributed by atoms with E-state index in [1.165, 1.54) is 9.21 Å². The number of rotatable bonds is 3. The van der Waals surface area contributed by atoms with Crippen LogP contribution in [0.2, 0.25) is 0 Å². The van der Waals surface area contributed by atoms with Crippen molar-refractivity contribution in [2.75, 3.05) is 26.2 Å². The van der Waals surface area contributed by atoms with E-state index in [-0.39, 0.29) is 30.6 Å². The molecule has 2 heterocycles. The third-order valence-corrected chi connectivity index (χ3v) is 7.24. The molecule has 2 fully saturated rings. The van der Waals surface area contributed by atoms with E-state index in [4.69, 9.17) is 0 Å². The van der Waals surface area contributed by atoms with Gasteiger partial charge in [-0.2, -0.15) is 4.31 Å². The molecule has 8 nitrogen and oxygen atoms in total. The predicted molar refractivity (Wildman–Crippen MR) is 103 cm³/mol. The maximum absolute atomic E-state index is 12.7. The summed E-state index contributed by atoms with van der Waals surface area (Å²) in [5.41, 5.74) is 0.992. The number of β-amino-alcohol motifs (C(OH)–C–C–N with tert-alkyl or cyclic N) is 1. The summed E-state index contributed by atoms with van der Waals surface area (Å²) in [6.07, 6.45) is 1.63. The van der Waals surface area contributed by atoms with Gasteiger partial charge in [-0.25, -0.2) is 8.42 Å². The van der Waals surface area contributed by atoms with Gasteiger partial charge in [0.05, 0.1) is 11.0 Å². The molecule has 3 rings (SSSR count). The number of nitrogens with zero attached hydrogens (tertiary/aromatic N) is 2. The van der Waals surface area contributed by atoms with Gasteiger partial charge in [0.15, 0.2) is 0 Å². The van der Waals surface area contributed by atoms with Crippen molar-refractivity contribution in [1.82, 2.24) is 14.5 Å². The Morgan fingerprint density at radius 1 is 1.07 bits per heavy atom. The zero-order valence-electron chi connectivity index (χ0n) is 16.0. The van der Waals surface area contributed by atoms with Crippen molar-refractivity contribution in [2.45, 2.75) is 49.6 Å². The Labute approximate surface area is 165 Å². The average molecular weight is 410 g/mol. The van der Waals surface area contributed by atoms with E-state index in [9.17, 15) is 23.1 Å². The molecule has 1 aromatic rings. The molecule has 154 valence electrons. The number of hydrogen-bond acceptors (Lipinski definition) is 5. The number of nitrogens with one attached hydrogen (secondary N) is 1. The fourth-order valence-corrected chi connectivity index (χ4v) is 5.10. The Morgan fingerprint density at radius 2 is 1.71 bits per heavy atom. The third kappa shape index (κ3) is 4.71. The molecule has 2 N–H and O–H groups in total. The minimum Gasteiger partial charge on any atom is -0.391 e. The minimum absolute atomic E-state index is 0.180.